The summed E-state index contributed by atoms with van der Waals surface area (Å²) in [6.45, 7) is 2.11. The van der Waals surface area contributed by atoms with Crippen LogP contribution in [0.3, 0.4) is 0 Å². The summed E-state index contributed by atoms with van der Waals surface area (Å²) in [5, 5.41) is 10.2. The minimum Gasteiger partial charge on any atom is -0.506 e. The Balaban J connectivity index is 2.06. The lowest BCUT2D eigenvalue weighted by Crippen LogP contribution is -2.14. The summed E-state index contributed by atoms with van der Waals surface area (Å²) < 4.78 is 4.97. The lowest BCUT2D eigenvalue weighted by atomic mass is 9.75. The number of ether oxygens (including phenoxy) is 1. The fourth-order valence-corrected chi connectivity index (χ4v) is 3.97. The third-order valence-corrected chi connectivity index (χ3v) is 4.79. The fraction of sp³-hybridized carbons (Fsp3) is 0.462. The Hall–Kier alpha value is -1.29. The highest BCUT2D eigenvalue weighted by Crippen LogP contribution is 2.53. The number of fused-ring (bicyclic) bond motifs is 1. The Bertz CT molecular complexity index is 501. The molecule has 0 saturated carbocycles. The van der Waals surface area contributed by atoms with Crippen molar-refractivity contribution in [1.82, 2.24) is 0 Å². The third-order valence-electron chi connectivity index (χ3n) is 3.48. The largest absolute Gasteiger partial charge is 0.506 e. The molecule has 0 radical (unpaired) electrons. The van der Waals surface area contributed by atoms with Gasteiger partial charge < -0.3 is 9.84 Å². The maximum absolute atomic E-state index is 11.7. The monoisotopic (exact) mass is 250 g/mol. The van der Waals surface area contributed by atoms with E-state index in [4.69, 9.17) is 4.74 Å². The van der Waals surface area contributed by atoms with Crippen LogP contribution in [0.5, 0.6) is 5.75 Å². The number of rotatable bonds is 2. The fourth-order valence-electron chi connectivity index (χ4n) is 2.70. The smallest absolute Gasteiger partial charge is 0.352 e. The van der Waals surface area contributed by atoms with Crippen molar-refractivity contribution >= 4 is 17.3 Å². The first-order valence-electron chi connectivity index (χ1n) is 5.93. The molecule has 1 aromatic heterocycles. The van der Waals surface area contributed by atoms with Gasteiger partial charge in [0.1, 0.15) is 5.75 Å². The van der Waals surface area contributed by atoms with E-state index in [9.17, 15) is 9.90 Å². The number of esters is 1. The van der Waals surface area contributed by atoms with Crippen molar-refractivity contribution in [3.63, 3.8) is 0 Å². The molecule has 1 aromatic rings. The molecule has 2 bridgehead atoms. The summed E-state index contributed by atoms with van der Waals surface area (Å²) >= 11 is 1.40. The second kappa shape index (κ2) is 3.88. The van der Waals surface area contributed by atoms with E-state index in [2.05, 4.69) is 12.2 Å². The molecule has 17 heavy (non-hydrogen) atoms. The molecule has 0 aliphatic heterocycles. The lowest BCUT2D eigenvalue weighted by molar-refractivity contribution is 0.0529. The van der Waals surface area contributed by atoms with E-state index in [0.717, 1.165) is 23.3 Å². The summed E-state index contributed by atoms with van der Waals surface area (Å²) in [5.74, 6) is 0.426. The maximum Gasteiger partial charge on any atom is 0.352 e. The van der Waals surface area contributed by atoms with Gasteiger partial charge in [-0.2, -0.15) is 0 Å². The number of thiophene rings is 1. The van der Waals surface area contributed by atoms with Crippen LogP contribution in [0.2, 0.25) is 0 Å². The standard InChI is InChI=1S/C13H14O3S/c1-2-16-13(15)12-10(14)9-7-3-5-8(6-4-7)11(9)17-12/h3,5,7-8,14H,2,4,6H2,1H3. The van der Waals surface area contributed by atoms with E-state index in [1.807, 2.05) is 0 Å². The van der Waals surface area contributed by atoms with Gasteiger partial charge in [-0.3, -0.25) is 0 Å². The summed E-state index contributed by atoms with van der Waals surface area (Å²) in [6, 6.07) is 0. The Morgan fingerprint density at radius 3 is 2.76 bits per heavy atom. The second-order valence-corrected chi connectivity index (χ2v) is 5.51. The number of aromatic hydroxyl groups is 1. The first-order valence-corrected chi connectivity index (χ1v) is 6.75. The van der Waals surface area contributed by atoms with Crippen LogP contribution in [0.4, 0.5) is 0 Å². The minimum absolute atomic E-state index is 0.155. The quantitative estimate of drug-likeness (QED) is 0.648. The highest BCUT2D eigenvalue weighted by Gasteiger charge is 2.36. The molecule has 90 valence electrons. The third kappa shape index (κ3) is 1.51. The van der Waals surface area contributed by atoms with Crippen LogP contribution >= 0.6 is 11.3 Å². The second-order valence-electron chi connectivity index (χ2n) is 4.45. The van der Waals surface area contributed by atoms with Gasteiger partial charge in [-0.15, -0.1) is 11.3 Å². The van der Waals surface area contributed by atoms with Crippen LogP contribution in [0.25, 0.3) is 0 Å². The van der Waals surface area contributed by atoms with Crippen LogP contribution < -0.4 is 0 Å². The van der Waals surface area contributed by atoms with Crippen LogP contribution in [0, 0.1) is 0 Å². The molecular weight excluding hydrogens is 236 g/mol. The zero-order chi connectivity index (χ0) is 12.0. The molecule has 0 amide bonds. The molecular formula is C13H14O3S. The van der Waals surface area contributed by atoms with Gasteiger partial charge in [-0.1, -0.05) is 12.2 Å². The predicted molar refractivity (Wildman–Crippen MR) is 65.8 cm³/mol. The van der Waals surface area contributed by atoms with E-state index in [1.54, 1.807) is 6.92 Å². The Labute approximate surface area is 104 Å². The molecule has 0 aromatic carbocycles. The summed E-state index contributed by atoms with van der Waals surface area (Å²) in [5.41, 5.74) is 0.969. The molecule has 0 saturated heterocycles. The summed E-state index contributed by atoms with van der Waals surface area (Å²) in [4.78, 5) is 13.3. The van der Waals surface area contributed by atoms with Gasteiger partial charge in [0.05, 0.1) is 6.61 Å². The normalized spacial score (nSPS) is 24.8. The Kier molecular flexibility index (Phi) is 2.47. The van der Waals surface area contributed by atoms with Gasteiger partial charge in [-0.05, 0) is 19.8 Å². The van der Waals surface area contributed by atoms with Gasteiger partial charge in [0.15, 0.2) is 4.88 Å². The maximum atomic E-state index is 11.7. The van der Waals surface area contributed by atoms with Crippen LogP contribution in [-0.2, 0) is 4.74 Å². The molecule has 4 rings (SSSR count). The SMILES string of the molecule is CCOC(=O)c1sc2c(c1O)C1C=CC2CC1. The zero-order valence-electron chi connectivity index (χ0n) is 9.60. The molecule has 3 aliphatic carbocycles. The Morgan fingerprint density at radius 1 is 1.47 bits per heavy atom. The van der Waals surface area contributed by atoms with E-state index >= 15 is 0 Å². The van der Waals surface area contributed by atoms with Crippen LogP contribution in [-0.4, -0.2) is 17.7 Å². The molecule has 2 atom stereocenters. The van der Waals surface area contributed by atoms with Crippen molar-refractivity contribution in [3.8, 4) is 5.75 Å². The molecule has 0 spiro atoms. The first kappa shape index (κ1) is 10.8. The van der Waals surface area contributed by atoms with Crippen molar-refractivity contribution in [3.05, 3.63) is 27.5 Å². The van der Waals surface area contributed by atoms with Crippen molar-refractivity contribution in [2.45, 2.75) is 31.6 Å². The zero-order valence-corrected chi connectivity index (χ0v) is 10.4. The molecule has 3 aliphatic rings. The number of hydrogen-bond donors (Lipinski definition) is 1. The molecule has 0 fully saturated rings. The van der Waals surface area contributed by atoms with Crippen molar-refractivity contribution in [1.29, 1.82) is 0 Å². The number of carbonyl (C=O) groups excluding carboxylic acids is 1. The summed E-state index contributed by atoms with van der Waals surface area (Å²) in [6.07, 6.45) is 6.54. The van der Waals surface area contributed by atoms with Gasteiger partial charge in [0, 0.05) is 22.3 Å². The average Bonchev–Trinajstić information content (AvgIpc) is 2.71. The molecule has 1 N–H and O–H groups in total. The van der Waals surface area contributed by atoms with Crippen LogP contribution in [0.15, 0.2) is 12.2 Å². The van der Waals surface area contributed by atoms with E-state index < -0.39 is 5.97 Å². The summed E-state index contributed by atoms with van der Waals surface area (Å²) in [7, 11) is 0. The topological polar surface area (TPSA) is 46.5 Å². The van der Waals surface area contributed by atoms with E-state index in [1.165, 1.54) is 11.3 Å². The Morgan fingerprint density at radius 2 is 2.18 bits per heavy atom. The molecule has 1 heterocycles. The minimum atomic E-state index is -0.399. The number of carbonyl (C=O) groups is 1. The van der Waals surface area contributed by atoms with Crippen molar-refractivity contribution in [2.75, 3.05) is 6.61 Å². The lowest BCUT2D eigenvalue weighted by Gasteiger charge is -2.30. The molecule has 4 heteroatoms. The average molecular weight is 250 g/mol. The number of allylic oxidation sites excluding steroid dienone is 2. The van der Waals surface area contributed by atoms with Gasteiger partial charge in [0.25, 0.3) is 0 Å². The van der Waals surface area contributed by atoms with Gasteiger partial charge in [0.2, 0.25) is 0 Å². The highest BCUT2D eigenvalue weighted by molar-refractivity contribution is 7.14. The van der Waals surface area contributed by atoms with Gasteiger partial charge >= 0.3 is 5.97 Å². The van der Waals surface area contributed by atoms with Crippen molar-refractivity contribution in [2.24, 2.45) is 0 Å². The number of hydrogen-bond acceptors (Lipinski definition) is 4. The molecule has 2 unspecified atom stereocenters. The highest BCUT2D eigenvalue weighted by atomic mass is 32.1. The van der Waals surface area contributed by atoms with Crippen LogP contribution in [0.1, 0.15) is 51.7 Å². The van der Waals surface area contributed by atoms with Crippen molar-refractivity contribution < 1.29 is 14.6 Å². The van der Waals surface area contributed by atoms with Gasteiger partial charge in [-0.25, -0.2) is 4.79 Å². The molecule has 3 nitrogen and oxygen atoms in total. The first-order chi connectivity index (χ1) is 8.22. The van der Waals surface area contributed by atoms with E-state index in [-0.39, 0.29) is 11.7 Å². The predicted octanol–water partition coefficient (Wildman–Crippen LogP) is 3.16. The van der Waals surface area contributed by atoms with E-state index in [0.29, 0.717) is 17.4 Å².